The molecule has 0 fully saturated rings. The van der Waals surface area contributed by atoms with Crippen molar-refractivity contribution in [2.45, 2.75) is 5.60 Å². The maximum Gasteiger partial charge on any atom is 0.133 e. The van der Waals surface area contributed by atoms with Gasteiger partial charge in [-0.25, -0.2) is 0 Å². The summed E-state index contributed by atoms with van der Waals surface area (Å²) in [5, 5.41) is 11.0. The second-order valence-corrected chi connectivity index (χ2v) is 5.28. The van der Waals surface area contributed by atoms with E-state index in [0.717, 1.165) is 22.3 Å². The quantitative estimate of drug-likeness (QED) is 0.685. The number of benzene rings is 3. The highest BCUT2D eigenvalue weighted by atomic mass is 16.3. The fraction of sp³-hybridized carbons (Fsp3) is 0.0476. The minimum Gasteiger partial charge on any atom is -0.377 e. The van der Waals surface area contributed by atoms with Crippen molar-refractivity contribution in [1.29, 1.82) is 0 Å². The van der Waals surface area contributed by atoms with Gasteiger partial charge in [0.2, 0.25) is 0 Å². The van der Waals surface area contributed by atoms with Crippen molar-refractivity contribution in [1.82, 2.24) is 0 Å². The molecule has 0 aliphatic heterocycles. The number of aliphatic hydroxyl groups is 1. The first-order chi connectivity index (χ1) is 10.7. The molecule has 1 nitrogen and oxygen atoms in total. The zero-order valence-electron chi connectivity index (χ0n) is 12.3. The van der Waals surface area contributed by atoms with Crippen LogP contribution in [-0.4, -0.2) is 5.11 Å². The zero-order valence-corrected chi connectivity index (χ0v) is 12.3. The highest BCUT2D eigenvalue weighted by molar-refractivity contribution is 5.64. The molecule has 0 aliphatic carbocycles. The molecule has 3 aromatic carbocycles. The van der Waals surface area contributed by atoms with E-state index in [-0.39, 0.29) is 0 Å². The van der Waals surface area contributed by atoms with Crippen molar-refractivity contribution in [2.24, 2.45) is 0 Å². The summed E-state index contributed by atoms with van der Waals surface area (Å²) < 4.78 is 0. The van der Waals surface area contributed by atoms with Gasteiger partial charge < -0.3 is 5.11 Å². The van der Waals surface area contributed by atoms with Crippen LogP contribution in [0.3, 0.4) is 0 Å². The third-order valence-electron chi connectivity index (χ3n) is 3.94. The average molecular weight is 286 g/mol. The van der Waals surface area contributed by atoms with E-state index < -0.39 is 5.60 Å². The molecule has 22 heavy (non-hydrogen) atoms. The second-order valence-electron chi connectivity index (χ2n) is 5.28. The lowest BCUT2D eigenvalue weighted by molar-refractivity contribution is 0.135. The first-order valence-electron chi connectivity index (χ1n) is 7.31. The lowest BCUT2D eigenvalue weighted by Crippen LogP contribution is -2.24. The Morgan fingerprint density at radius 1 is 0.636 bits per heavy atom. The highest BCUT2D eigenvalue weighted by Gasteiger charge is 2.27. The summed E-state index contributed by atoms with van der Waals surface area (Å²) in [7, 11) is 0. The third kappa shape index (κ3) is 2.59. The molecule has 1 N–H and O–H groups in total. The Hall–Kier alpha value is -2.64. The molecule has 3 rings (SSSR count). The van der Waals surface area contributed by atoms with Crippen LogP contribution in [0.25, 0.3) is 11.1 Å². The van der Waals surface area contributed by atoms with Crippen LogP contribution in [0.1, 0.15) is 11.1 Å². The van der Waals surface area contributed by atoms with E-state index in [1.807, 2.05) is 72.8 Å². The Balaban J connectivity index is 2.00. The highest BCUT2D eigenvalue weighted by Crippen LogP contribution is 2.32. The normalized spacial score (nSPS) is 13.3. The maximum atomic E-state index is 11.0. The maximum absolute atomic E-state index is 11.0. The summed E-state index contributed by atoms with van der Waals surface area (Å²) in [4.78, 5) is 0. The second kappa shape index (κ2) is 6.00. The largest absolute Gasteiger partial charge is 0.377 e. The fourth-order valence-corrected chi connectivity index (χ4v) is 2.64. The van der Waals surface area contributed by atoms with Crippen LogP contribution in [0, 0.1) is 0 Å². The molecule has 0 amide bonds. The Morgan fingerprint density at radius 3 is 1.64 bits per heavy atom. The fourth-order valence-electron chi connectivity index (χ4n) is 2.64. The topological polar surface area (TPSA) is 20.2 Å². The van der Waals surface area contributed by atoms with Crippen LogP contribution in [0.4, 0.5) is 0 Å². The van der Waals surface area contributed by atoms with Gasteiger partial charge in [0.05, 0.1) is 0 Å². The summed E-state index contributed by atoms with van der Waals surface area (Å²) in [5.41, 5.74) is 2.75. The summed E-state index contributed by atoms with van der Waals surface area (Å²) >= 11 is 0. The van der Waals surface area contributed by atoms with E-state index in [0.29, 0.717) is 0 Å². The molecule has 108 valence electrons. The first kappa shape index (κ1) is 14.3. The van der Waals surface area contributed by atoms with E-state index in [2.05, 4.69) is 18.7 Å². The lowest BCUT2D eigenvalue weighted by Gasteiger charge is -2.25. The van der Waals surface area contributed by atoms with Crippen molar-refractivity contribution < 1.29 is 5.11 Å². The standard InChI is InChI=1S/C21H18O/c1-2-21(22,19-11-7-4-8-12-19)20-15-13-18(14-16-20)17-9-5-3-6-10-17/h2-16,22H,1H2. The molecular formula is C21H18O. The summed E-state index contributed by atoms with van der Waals surface area (Å²) in [6.07, 6.45) is 1.58. The molecule has 1 unspecified atom stereocenters. The van der Waals surface area contributed by atoms with Crippen molar-refractivity contribution >= 4 is 0 Å². The molecule has 0 saturated carbocycles. The molecule has 3 aromatic rings. The molecule has 0 radical (unpaired) electrons. The predicted octanol–water partition coefficient (Wildman–Crippen LogP) is 4.78. The molecule has 1 atom stereocenters. The number of hydrogen-bond acceptors (Lipinski definition) is 1. The molecule has 1 heteroatoms. The van der Waals surface area contributed by atoms with E-state index in [4.69, 9.17) is 0 Å². The van der Waals surface area contributed by atoms with Gasteiger partial charge in [-0.1, -0.05) is 97.6 Å². The Labute approximate surface area is 131 Å². The predicted molar refractivity (Wildman–Crippen MR) is 91.5 cm³/mol. The van der Waals surface area contributed by atoms with Crippen LogP contribution >= 0.6 is 0 Å². The molecule has 0 heterocycles. The van der Waals surface area contributed by atoms with Crippen molar-refractivity contribution in [3.63, 3.8) is 0 Å². The monoisotopic (exact) mass is 286 g/mol. The molecule has 0 bridgehead atoms. The zero-order chi connectivity index (χ0) is 15.4. The van der Waals surface area contributed by atoms with E-state index in [9.17, 15) is 5.11 Å². The van der Waals surface area contributed by atoms with Gasteiger partial charge in [-0.15, -0.1) is 0 Å². The summed E-state index contributed by atoms with van der Waals surface area (Å²) in [6.45, 7) is 3.82. The van der Waals surface area contributed by atoms with Gasteiger partial charge in [-0.05, 0) is 22.3 Å². The molecule has 0 spiro atoms. The summed E-state index contributed by atoms with van der Waals surface area (Å²) in [5.74, 6) is 0. The third-order valence-corrected chi connectivity index (χ3v) is 3.94. The van der Waals surface area contributed by atoms with Gasteiger partial charge in [0.25, 0.3) is 0 Å². The molecule has 0 aromatic heterocycles. The van der Waals surface area contributed by atoms with Crippen LogP contribution < -0.4 is 0 Å². The molecule has 0 saturated heterocycles. The van der Waals surface area contributed by atoms with Gasteiger partial charge >= 0.3 is 0 Å². The van der Waals surface area contributed by atoms with E-state index in [1.54, 1.807) is 6.08 Å². The van der Waals surface area contributed by atoms with E-state index in [1.165, 1.54) is 0 Å². The number of hydrogen-bond donors (Lipinski definition) is 1. The minimum atomic E-state index is -1.17. The van der Waals surface area contributed by atoms with Gasteiger partial charge in [0, 0.05) is 0 Å². The average Bonchev–Trinajstić information content (AvgIpc) is 2.63. The van der Waals surface area contributed by atoms with Gasteiger partial charge in [0.15, 0.2) is 0 Å². The van der Waals surface area contributed by atoms with Crippen LogP contribution in [0.2, 0.25) is 0 Å². The van der Waals surface area contributed by atoms with E-state index >= 15 is 0 Å². The van der Waals surface area contributed by atoms with Crippen LogP contribution in [0.5, 0.6) is 0 Å². The Kier molecular flexibility index (Phi) is 3.90. The minimum absolute atomic E-state index is 0.813. The van der Waals surface area contributed by atoms with Crippen LogP contribution in [0.15, 0.2) is 97.6 Å². The van der Waals surface area contributed by atoms with Gasteiger partial charge in [-0.2, -0.15) is 0 Å². The Morgan fingerprint density at radius 2 is 1.09 bits per heavy atom. The smallest absolute Gasteiger partial charge is 0.133 e. The summed E-state index contributed by atoms with van der Waals surface area (Å²) in [6, 6.07) is 27.8. The van der Waals surface area contributed by atoms with Crippen molar-refractivity contribution in [2.75, 3.05) is 0 Å². The van der Waals surface area contributed by atoms with Gasteiger partial charge in [-0.3, -0.25) is 0 Å². The van der Waals surface area contributed by atoms with Crippen molar-refractivity contribution in [3.05, 3.63) is 109 Å². The Bertz CT molecular complexity index is 745. The lowest BCUT2D eigenvalue weighted by atomic mass is 9.86. The first-order valence-corrected chi connectivity index (χ1v) is 7.31. The number of rotatable bonds is 4. The molecular weight excluding hydrogens is 268 g/mol. The van der Waals surface area contributed by atoms with Crippen molar-refractivity contribution in [3.8, 4) is 11.1 Å². The SMILES string of the molecule is C=CC(O)(c1ccccc1)c1ccc(-c2ccccc2)cc1. The molecule has 0 aliphatic rings. The van der Waals surface area contributed by atoms with Gasteiger partial charge in [0.1, 0.15) is 5.60 Å². The van der Waals surface area contributed by atoms with Crippen LogP contribution in [-0.2, 0) is 5.60 Å².